The van der Waals surface area contributed by atoms with Crippen molar-refractivity contribution >= 4 is 23.4 Å². The second-order valence-electron chi connectivity index (χ2n) is 5.67. The highest BCUT2D eigenvalue weighted by molar-refractivity contribution is 5.74. The lowest BCUT2D eigenvalue weighted by Gasteiger charge is -2.12. The third kappa shape index (κ3) is 3.95. The van der Waals surface area contributed by atoms with E-state index >= 15 is 0 Å². The normalized spacial score (nSPS) is 13.6. The fourth-order valence-electron chi connectivity index (χ4n) is 2.29. The van der Waals surface area contributed by atoms with E-state index in [4.69, 9.17) is 5.73 Å². The molecule has 0 saturated heterocycles. The molecule has 0 bridgehead atoms. The van der Waals surface area contributed by atoms with Crippen LogP contribution in [0.4, 0.5) is 26.2 Å². The number of nitrogens with zero attached hydrogens (tertiary/aromatic N) is 2. The van der Waals surface area contributed by atoms with Crippen molar-refractivity contribution in [3.05, 3.63) is 41.6 Å². The summed E-state index contributed by atoms with van der Waals surface area (Å²) in [5.74, 6) is -0.970. The standard InChI is InChI=1S/C16H17F2N5O/c17-12-4-3-10(7-13(12)18)22-16-21-8-11(9-1-2-9)15(23-16)20-6-5-14(19)24/h3-4,7-9H,1-2,5-6H2,(H2,19,24)(H2,20,21,22,23). The molecule has 1 fully saturated rings. The average Bonchev–Trinajstić information content (AvgIpc) is 3.36. The summed E-state index contributed by atoms with van der Waals surface area (Å²) >= 11 is 0. The Labute approximate surface area is 137 Å². The number of hydrogen-bond donors (Lipinski definition) is 3. The summed E-state index contributed by atoms with van der Waals surface area (Å²) in [6.45, 7) is 0.372. The fraction of sp³-hybridized carbons (Fsp3) is 0.312. The number of benzene rings is 1. The Bertz CT molecular complexity index is 764. The molecule has 1 heterocycles. The van der Waals surface area contributed by atoms with E-state index in [2.05, 4.69) is 20.6 Å². The van der Waals surface area contributed by atoms with Gasteiger partial charge in [-0.15, -0.1) is 0 Å². The lowest BCUT2D eigenvalue weighted by Crippen LogP contribution is -2.17. The van der Waals surface area contributed by atoms with Crippen LogP contribution in [0.2, 0.25) is 0 Å². The maximum atomic E-state index is 13.3. The summed E-state index contributed by atoms with van der Waals surface area (Å²) in [5.41, 5.74) is 6.46. The molecule has 2 aromatic rings. The van der Waals surface area contributed by atoms with Crippen LogP contribution >= 0.6 is 0 Å². The van der Waals surface area contributed by atoms with Crippen LogP contribution in [0, 0.1) is 11.6 Å². The Morgan fingerprint density at radius 2 is 2.08 bits per heavy atom. The largest absolute Gasteiger partial charge is 0.370 e. The third-order valence-electron chi connectivity index (χ3n) is 3.67. The molecule has 1 aliphatic carbocycles. The van der Waals surface area contributed by atoms with Crippen LogP contribution in [0.3, 0.4) is 0 Å². The van der Waals surface area contributed by atoms with E-state index in [1.165, 1.54) is 6.07 Å². The quantitative estimate of drug-likeness (QED) is 0.724. The van der Waals surface area contributed by atoms with E-state index in [1.54, 1.807) is 6.20 Å². The minimum atomic E-state index is -0.950. The number of hydrogen-bond acceptors (Lipinski definition) is 5. The van der Waals surface area contributed by atoms with Crippen molar-refractivity contribution in [3.8, 4) is 0 Å². The minimum Gasteiger partial charge on any atom is -0.370 e. The first-order valence-corrected chi connectivity index (χ1v) is 7.64. The van der Waals surface area contributed by atoms with Gasteiger partial charge >= 0.3 is 0 Å². The van der Waals surface area contributed by atoms with Crippen molar-refractivity contribution in [3.63, 3.8) is 0 Å². The van der Waals surface area contributed by atoms with Gasteiger partial charge in [0.05, 0.1) is 0 Å². The van der Waals surface area contributed by atoms with Crippen LogP contribution < -0.4 is 16.4 Å². The Kier molecular flexibility index (Phi) is 4.54. The number of carbonyl (C=O) groups is 1. The second-order valence-corrected chi connectivity index (χ2v) is 5.67. The summed E-state index contributed by atoms with van der Waals surface area (Å²) in [5, 5.41) is 5.92. The first kappa shape index (κ1) is 16.1. The molecule has 1 aliphatic rings. The highest BCUT2D eigenvalue weighted by atomic mass is 19.2. The van der Waals surface area contributed by atoms with Crippen molar-refractivity contribution < 1.29 is 13.6 Å². The Balaban J connectivity index is 1.77. The van der Waals surface area contributed by atoms with Gasteiger partial charge < -0.3 is 16.4 Å². The molecule has 0 unspecified atom stereocenters. The van der Waals surface area contributed by atoms with Crippen LogP contribution in [-0.2, 0) is 4.79 Å². The first-order valence-electron chi connectivity index (χ1n) is 7.64. The van der Waals surface area contributed by atoms with Crippen LogP contribution in [0.5, 0.6) is 0 Å². The van der Waals surface area contributed by atoms with E-state index in [0.29, 0.717) is 24.0 Å². The van der Waals surface area contributed by atoms with Gasteiger partial charge in [-0.1, -0.05) is 0 Å². The number of amides is 1. The molecule has 0 atom stereocenters. The van der Waals surface area contributed by atoms with Gasteiger partial charge in [0.25, 0.3) is 0 Å². The van der Waals surface area contributed by atoms with Crippen LogP contribution in [0.15, 0.2) is 24.4 Å². The maximum absolute atomic E-state index is 13.3. The van der Waals surface area contributed by atoms with Gasteiger partial charge in [0.15, 0.2) is 11.6 Å². The molecule has 0 aliphatic heterocycles. The molecule has 6 nitrogen and oxygen atoms in total. The number of halogens is 2. The molecular weight excluding hydrogens is 316 g/mol. The Morgan fingerprint density at radius 3 is 2.75 bits per heavy atom. The van der Waals surface area contributed by atoms with Gasteiger partial charge in [0.2, 0.25) is 11.9 Å². The minimum absolute atomic E-state index is 0.194. The van der Waals surface area contributed by atoms with Gasteiger partial charge in [-0.05, 0) is 30.9 Å². The number of nitrogens with one attached hydrogen (secondary N) is 2. The van der Waals surface area contributed by atoms with Crippen molar-refractivity contribution in [2.75, 3.05) is 17.2 Å². The zero-order valence-corrected chi connectivity index (χ0v) is 12.9. The van der Waals surface area contributed by atoms with Crippen molar-refractivity contribution in [2.45, 2.75) is 25.2 Å². The first-order chi connectivity index (χ1) is 11.5. The molecule has 1 saturated carbocycles. The molecule has 24 heavy (non-hydrogen) atoms. The fourth-order valence-corrected chi connectivity index (χ4v) is 2.29. The number of nitrogens with two attached hydrogens (primary N) is 1. The number of primary amides is 1. The van der Waals surface area contributed by atoms with Gasteiger partial charge in [0, 0.05) is 36.5 Å². The molecule has 1 aromatic carbocycles. The van der Waals surface area contributed by atoms with E-state index in [9.17, 15) is 13.6 Å². The summed E-state index contributed by atoms with van der Waals surface area (Å²) in [7, 11) is 0. The second kappa shape index (κ2) is 6.77. The molecule has 3 rings (SSSR count). The van der Waals surface area contributed by atoms with E-state index in [1.807, 2.05) is 0 Å². The number of carbonyl (C=O) groups excluding carboxylic acids is 1. The molecule has 8 heteroatoms. The number of aromatic nitrogens is 2. The molecule has 0 spiro atoms. The van der Waals surface area contributed by atoms with E-state index in [-0.39, 0.29) is 12.4 Å². The van der Waals surface area contributed by atoms with Crippen molar-refractivity contribution in [1.82, 2.24) is 9.97 Å². The highest BCUT2D eigenvalue weighted by Gasteiger charge is 2.27. The lowest BCUT2D eigenvalue weighted by atomic mass is 10.2. The zero-order chi connectivity index (χ0) is 17.1. The Morgan fingerprint density at radius 1 is 1.29 bits per heavy atom. The molecular formula is C16H17F2N5O. The third-order valence-corrected chi connectivity index (χ3v) is 3.67. The predicted octanol–water partition coefficient (Wildman–Crippen LogP) is 2.66. The van der Waals surface area contributed by atoms with Crippen LogP contribution in [0.1, 0.15) is 30.7 Å². The van der Waals surface area contributed by atoms with Crippen LogP contribution in [0.25, 0.3) is 0 Å². The van der Waals surface area contributed by atoms with Crippen molar-refractivity contribution in [2.24, 2.45) is 5.73 Å². The SMILES string of the molecule is NC(=O)CCNc1nc(Nc2ccc(F)c(F)c2)ncc1C1CC1. The molecule has 126 valence electrons. The Hall–Kier alpha value is -2.77. The molecule has 1 aromatic heterocycles. The molecule has 1 amide bonds. The highest BCUT2D eigenvalue weighted by Crippen LogP contribution is 2.42. The lowest BCUT2D eigenvalue weighted by molar-refractivity contribution is -0.117. The average molecular weight is 333 g/mol. The number of rotatable bonds is 7. The maximum Gasteiger partial charge on any atom is 0.229 e. The summed E-state index contributed by atoms with van der Waals surface area (Å²) in [6, 6.07) is 3.46. The van der Waals surface area contributed by atoms with Gasteiger partial charge in [-0.25, -0.2) is 13.8 Å². The predicted molar refractivity (Wildman–Crippen MR) is 85.9 cm³/mol. The zero-order valence-electron chi connectivity index (χ0n) is 12.9. The van der Waals surface area contributed by atoms with E-state index in [0.717, 1.165) is 30.5 Å². The molecule has 4 N–H and O–H groups in total. The monoisotopic (exact) mass is 333 g/mol. The van der Waals surface area contributed by atoms with E-state index < -0.39 is 17.5 Å². The summed E-state index contributed by atoms with van der Waals surface area (Å²) in [4.78, 5) is 19.5. The van der Waals surface area contributed by atoms with Crippen molar-refractivity contribution in [1.29, 1.82) is 0 Å². The summed E-state index contributed by atoms with van der Waals surface area (Å²) < 4.78 is 26.2. The smallest absolute Gasteiger partial charge is 0.229 e. The summed E-state index contributed by atoms with van der Waals surface area (Å²) in [6.07, 6.45) is 4.05. The number of anilines is 3. The van der Waals surface area contributed by atoms with Crippen LogP contribution in [-0.4, -0.2) is 22.4 Å². The van der Waals surface area contributed by atoms with Gasteiger partial charge in [-0.2, -0.15) is 4.98 Å². The van der Waals surface area contributed by atoms with Gasteiger partial charge in [0.1, 0.15) is 5.82 Å². The molecule has 0 radical (unpaired) electrons. The topological polar surface area (TPSA) is 92.9 Å². The van der Waals surface area contributed by atoms with Gasteiger partial charge in [-0.3, -0.25) is 4.79 Å².